The molecule has 1 fully saturated rings. The first-order chi connectivity index (χ1) is 13.7. The van der Waals surface area contributed by atoms with Crippen LogP contribution in [0.3, 0.4) is 0 Å². The third-order valence-electron chi connectivity index (χ3n) is 4.77. The lowest BCUT2D eigenvalue weighted by Crippen LogP contribution is -2.44. The standard InChI is InChI=1S/C23H26FNO4/c1-23(2,3)29-22(27)25-14-18(17-9-11-19(24)12-10-17)13-20(25)21(26)28-15-16-7-5-4-6-8-16/h4-12,18,20H,13-15H2,1-3H3/t18-,20+/m1/s1. The van der Waals surface area contributed by atoms with Crippen LogP contribution < -0.4 is 0 Å². The molecule has 6 heteroatoms. The van der Waals surface area contributed by atoms with Crippen LogP contribution in [-0.2, 0) is 20.9 Å². The third kappa shape index (κ3) is 5.56. The average molecular weight is 399 g/mol. The van der Waals surface area contributed by atoms with Crippen LogP contribution in [0, 0.1) is 5.82 Å². The van der Waals surface area contributed by atoms with Crippen LogP contribution in [-0.4, -0.2) is 35.2 Å². The summed E-state index contributed by atoms with van der Waals surface area (Å²) in [6.07, 6.45) is -0.151. The fourth-order valence-corrected chi connectivity index (χ4v) is 3.38. The van der Waals surface area contributed by atoms with Gasteiger partial charge in [-0.1, -0.05) is 42.5 Å². The molecule has 3 rings (SSSR count). The molecule has 0 aromatic heterocycles. The van der Waals surface area contributed by atoms with Gasteiger partial charge in [0.2, 0.25) is 0 Å². The first-order valence-corrected chi connectivity index (χ1v) is 9.68. The molecule has 0 bridgehead atoms. The van der Waals surface area contributed by atoms with Gasteiger partial charge in [0.05, 0.1) is 0 Å². The quantitative estimate of drug-likeness (QED) is 0.702. The molecule has 2 aromatic carbocycles. The molecule has 2 atom stereocenters. The number of carbonyl (C=O) groups is 2. The van der Waals surface area contributed by atoms with E-state index in [2.05, 4.69) is 0 Å². The Hall–Kier alpha value is -2.89. The van der Waals surface area contributed by atoms with Crippen LogP contribution in [0.1, 0.15) is 44.2 Å². The fourth-order valence-electron chi connectivity index (χ4n) is 3.38. The predicted molar refractivity (Wildman–Crippen MR) is 107 cm³/mol. The van der Waals surface area contributed by atoms with Gasteiger partial charge in [-0.25, -0.2) is 14.0 Å². The van der Waals surface area contributed by atoms with Crippen molar-refractivity contribution in [3.63, 3.8) is 0 Å². The lowest BCUT2D eigenvalue weighted by molar-refractivity contribution is -0.150. The van der Waals surface area contributed by atoms with E-state index in [0.29, 0.717) is 13.0 Å². The van der Waals surface area contributed by atoms with E-state index < -0.39 is 23.7 Å². The highest BCUT2D eigenvalue weighted by molar-refractivity contribution is 5.82. The van der Waals surface area contributed by atoms with Crippen molar-refractivity contribution in [3.05, 3.63) is 71.5 Å². The summed E-state index contributed by atoms with van der Waals surface area (Å²) in [5.41, 5.74) is 1.07. The summed E-state index contributed by atoms with van der Waals surface area (Å²) >= 11 is 0. The van der Waals surface area contributed by atoms with E-state index in [4.69, 9.17) is 9.47 Å². The Morgan fingerprint density at radius 3 is 2.34 bits per heavy atom. The van der Waals surface area contributed by atoms with E-state index in [1.54, 1.807) is 32.9 Å². The lowest BCUT2D eigenvalue weighted by Gasteiger charge is -2.27. The maximum Gasteiger partial charge on any atom is 0.411 e. The molecule has 0 radical (unpaired) electrons. The monoisotopic (exact) mass is 399 g/mol. The molecule has 0 aliphatic carbocycles. The Bertz CT molecular complexity index is 845. The molecule has 1 aliphatic rings. The molecule has 0 N–H and O–H groups in total. The highest BCUT2D eigenvalue weighted by Gasteiger charge is 2.42. The summed E-state index contributed by atoms with van der Waals surface area (Å²) in [6.45, 7) is 5.79. The minimum atomic E-state index is -0.747. The minimum absolute atomic E-state index is 0.0996. The Morgan fingerprint density at radius 2 is 1.72 bits per heavy atom. The molecule has 5 nitrogen and oxygen atoms in total. The van der Waals surface area contributed by atoms with Crippen molar-refractivity contribution in [2.24, 2.45) is 0 Å². The molecule has 0 unspecified atom stereocenters. The van der Waals surface area contributed by atoms with Crippen LogP contribution >= 0.6 is 0 Å². The second-order valence-corrected chi connectivity index (χ2v) is 8.23. The molecule has 0 spiro atoms. The van der Waals surface area contributed by atoms with Crippen LogP contribution in [0.15, 0.2) is 54.6 Å². The molecular formula is C23H26FNO4. The molecule has 154 valence electrons. The van der Waals surface area contributed by atoms with Gasteiger partial charge in [0, 0.05) is 12.5 Å². The van der Waals surface area contributed by atoms with Crippen molar-refractivity contribution in [3.8, 4) is 0 Å². The first-order valence-electron chi connectivity index (χ1n) is 9.68. The number of hydrogen-bond donors (Lipinski definition) is 0. The topological polar surface area (TPSA) is 55.8 Å². The van der Waals surface area contributed by atoms with Gasteiger partial charge in [-0.05, 0) is 50.5 Å². The van der Waals surface area contributed by atoms with Gasteiger partial charge in [-0.2, -0.15) is 0 Å². The van der Waals surface area contributed by atoms with Gasteiger partial charge in [0.1, 0.15) is 24.1 Å². The number of likely N-dealkylation sites (tertiary alicyclic amines) is 1. The number of nitrogens with zero attached hydrogens (tertiary/aromatic N) is 1. The summed E-state index contributed by atoms with van der Waals surface area (Å²) in [5, 5.41) is 0. The molecule has 0 saturated carbocycles. The number of carbonyl (C=O) groups excluding carboxylic acids is 2. The maximum absolute atomic E-state index is 13.3. The van der Waals surface area contributed by atoms with Gasteiger partial charge in [-0.3, -0.25) is 4.90 Å². The summed E-state index contributed by atoms with van der Waals surface area (Å²) in [5.74, 6) is -0.892. The molecule has 1 amide bonds. The van der Waals surface area contributed by atoms with Crippen molar-refractivity contribution in [2.75, 3.05) is 6.54 Å². The largest absolute Gasteiger partial charge is 0.459 e. The third-order valence-corrected chi connectivity index (χ3v) is 4.77. The Balaban J connectivity index is 1.75. The van der Waals surface area contributed by atoms with Gasteiger partial charge in [-0.15, -0.1) is 0 Å². The van der Waals surface area contributed by atoms with Crippen molar-refractivity contribution in [2.45, 2.75) is 51.4 Å². The zero-order chi connectivity index (χ0) is 21.0. The lowest BCUT2D eigenvalue weighted by atomic mass is 9.96. The van der Waals surface area contributed by atoms with Gasteiger partial charge in [0.25, 0.3) is 0 Å². The average Bonchev–Trinajstić information content (AvgIpc) is 3.12. The Morgan fingerprint density at radius 1 is 1.07 bits per heavy atom. The van der Waals surface area contributed by atoms with Crippen molar-refractivity contribution in [1.82, 2.24) is 4.90 Å². The predicted octanol–water partition coefficient (Wildman–Crippen LogP) is 4.66. The summed E-state index contributed by atoms with van der Waals surface area (Å²) in [4.78, 5) is 26.9. The fraction of sp³-hybridized carbons (Fsp3) is 0.391. The van der Waals surface area contributed by atoms with Gasteiger partial charge < -0.3 is 9.47 Å². The van der Waals surface area contributed by atoms with Crippen LogP contribution in [0.5, 0.6) is 0 Å². The van der Waals surface area contributed by atoms with E-state index >= 15 is 0 Å². The maximum atomic E-state index is 13.3. The number of hydrogen-bond acceptors (Lipinski definition) is 4. The molecular weight excluding hydrogens is 373 g/mol. The minimum Gasteiger partial charge on any atom is -0.459 e. The SMILES string of the molecule is CC(C)(C)OC(=O)N1C[C@H](c2ccc(F)cc2)C[C@H]1C(=O)OCc1ccccc1. The Labute approximate surface area is 170 Å². The zero-order valence-corrected chi connectivity index (χ0v) is 16.9. The smallest absolute Gasteiger partial charge is 0.411 e. The number of rotatable bonds is 4. The van der Waals surface area contributed by atoms with E-state index in [1.807, 2.05) is 30.3 Å². The van der Waals surface area contributed by atoms with E-state index in [1.165, 1.54) is 17.0 Å². The Kier molecular flexibility index (Phi) is 6.20. The number of benzene rings is 2. The zero-order valence-electron chi connectivity index (χ0n) is 16.9. The van der Waals surface area contributed by atoms with Crippen LogP contribution in [0.2, 0.25) is 0 Å². The van der Waals surface area contributed by atoms with Crippen molar-refractivity contribution >= 4 is 12.1 Å². The molecule has 2 aromatic rings. The van der Waals surface area contributed by atoms with Crippen molar-refractivity contribution < 1.29 is 23.5 Å². The second-order valence-electron chi connectivity index (χ2n) is 8.23. The first kappa shape index (κ1) is 20.8. The van der Waals surface area contributed by atoms with E-state index in [0.717, 1.165) is 11.1 Å². The number of halogens is 1. The van der Waals surface area contributed by atoms with E-state index in [9.17, 15) is 14.0 Å². The van der Waals surface area contributed by atoms with Crippen molar-refractivity contribution in [1.29, 1.82) is 0 Å². The summed E-state index contributed by atoms with van der Waals surface area (Å²) in [7, 11) is 0. The number of ether oxygens (including phenoxy) is 2. The van der Waals surface area contributed by atoms with Crippen LogP contribution in [0.4, 0.5) is 9.18 Å². The van der Waals surface area contributed by atoms with Crippen LogP contribution in [0.25, 0.3) is 0 Å². The molecule has 1 heterocycles. The van der Waals surface area contributed by atoms with E-state index in [-0.39, 0.29) is 18.3 Å². The summed E-state index contributed by atoms with van der Waals surface area (Å²) in [6, 6.07) is 14.8. The number of esters is 1. The number of amides is 1. The molecule has 1 aliphatic heterocycles. The normalized spacial score (nSPS) is 19.1. The van der Waals surface area contributed by atoms with Gasteiger partial charge in [0.15, 0.2) is 0 Å². The second kappa shape index (κ2) is 8.64. The highest BCUT2D eigenvalue weighted by Crippen LogP contribution is 2.33. The summed E-state index contributed by atoms with van der Waals surface area (Å²) < 4.78 is 24.2. The molecule has 29 heavy (non-hydrogen) atoms. The highest BCUT2D eigenvalue weighted by atomic mass is 19.1. The van der Waals surface area contributed by atoms with Gasteiger partial charge >= 0.3 is 12.1 Å². The molecule has 1 saturated heterocycles.